The van der Waals surface area contributed by atoms with Crippen LogP contribution in [0.5, 0.6) is 0 Å². The fourth-order valence-corrected chi connectivity index (χ4v) is 3.04. The van der Waals surface area contributed by atoms with Crippen molar-refractivity contribution >= 4 is 16.8 Å². The SMILES string of the molecule is CC(C)N(C)C(=O)CCc1c(-c2ccc(F)cc2)[nH]c2ccc(F)cc12. The maximum absolute atomic E-state index is 13.8. The van der Waals surface area contributed by atoms with Crippen molar-refractivity contribution in [3.63, 3.8) is 0 Å². The van der Waals surface area contributed by atoms with Crippen LogP contribution in [0.15, 0.2) is 42.5 Å². The number of aryl methyl sites for hydroxylation is 1. The van der Waals surface area contributed by atoms with E-state index in [9.17, 15) is 13.6 Å². The Morgan fingerprint density at radius 2 is 1.73 bits per heavy atom. The summed E-state index contributed by atoms with van der Waals surface area (Å²) in [6.45, 7) is 3.92. The molecule has 136 valence electrons. The minimum Gasteiger partial charge on any atom is -0.354 e. The molecule has 0 aliphatic heterocycles. The number of aromatic amines is 1. The van der Waals surface area contributed by atoms with Crippen molar-refractivity contribution in [2.75, 3.05) is 7.05 Å². The number of carbonyl (C=O) groups excluding carboxylic acids is 1. The number of H-pyrrole nitrogens is 1. The molecule has 3 aromatic rings. The summed E-state index contributed by atoms with van der Waals surface area (Å²) in [7, 11) is 1.78. The molecule has 0 atom stereocenters. The topological polar surface area (TPSA) is 36.1 Å². The Bertz CT molecular complexity index is 929. The molecule has 1 heterocycles. The average molecular weight is 356 g/mol. The summed E-state index contributed by atoms with van der Waals surface area (Å²) < 4.78 is 27.0. The van der Waals surface area contributed by atoms with E-state index in [2.05, 4.69) is 4.98 Å². The molecule has 5 heteroatoms. The van der Waals surface area contributed by atoms with Crippen molar-refractivity contribution < 1.29 is 13.6 Å². The van der Waals surface area contributed by atoms with Crippen LogP contribution >= 0.6 is 0 Å². The third-order valence-electron chi connectivity index (χ3n) is 4.76. The molecule has 26 heavy (non-hydrogen) atoms. The van der Waals surface area contributed by atoms with Crippen molar-refractivity contribution in [2.45, 2.75) is 32.7 Å². The van der Waals surface area contributed by atoms with Gasteiger partial charge < -0.3 is 9.88 Å². The molecule has 1 amide bonds. The van der Waals surface area contributed by atoms with Crippen LogP contribution in [0.3, 0.4) is 0 Å². The maximum Gasteiger partial charge on any atom is 0.222 e. The molecule has 0 saturated carbocycles. The summed E-state index contributed by atoms with van der Waals surface area (Å²) in [5.74, 6) is -0.601. The first-order valence-electron chi connectivity index (χ1n) is 8.68. The quantitative estimate of drug-likeness (QED) is 0.693. The van der Waals surface area contributed by atoms with Crippen LogP contribution in [0.1, 0.15) is 25.8 Å². The van der Waals surface area contributed by atoms with Crippen molar-refractivity contribution in [3.05, 3.63) is 59.7 Å². The van der Waals surface area contributed by atoms with E-state index in [1.165, 1.54) is 24.3 Å². The number of hydrogen-bond acceptors (Lipinski definition) is 1. The van der Waals surface area contributed by atoms with Gasteiger partial charge in [-0.05, 0) is 73.9 Å². The van der Waals surface area contributed by atoms with Gasteiger partial charge in [-0.2, -0.15) is 0 Å². The van der Waals surface area contributed by atoms with Gasteiger partial charge in [0.1, 0.15) is 11.6 Å². The van der Waals surface area contributed by atoms with Crippen molar-refractivity contribution in [3.8, 4) is 11.3 Å². The largest absolute Gasteiger partial charge is 0.354 e. The van der Waals surface area contributed by atoms with Crippen LogP contribution in [0.4, 0.5) is 8.78 Å². The van der Waals surface area contributed by atoms with Gasteiger partial charge in [0.2, 0.25) is 5.91 Å². The van der Waals surface area contributed by atoms with Crippen LogP contribution in [0, 0.1) is 11.6 Å². The Morgan fingerprint density at radius 3 is 2.38 bits per heavy atom. The average Bonchev–Trinajstić information content (AvgIpc) is 2.97. The number of rotatable bonds is 5. The molecule has 1 aromatic heterocycles. The Balaban J connectivity index is 2.00. The van der Waals surface area contributed by atoms with Gasteiger partial charge in [-0.1, -0.05) is 0 Å². The van der Waals surface area contributed by atoms with Crippen molar-refractivity contribution in [1.82, 2.24) is 9.88 Å². The molecule has 0 saturated heterocycles. The van der Waals surface area contributed by atoms with Gasteiger partial charge in [-0.3, -0.25) is 4.79 Å². The number of amides is 1. The molecular weight excluding hydrogens is 334 g/mol. The maximum atomic E-state index is 13.8. The lowest BCUT2D eigenvalue weighted by molar-refractivity contribution is -0.131. The second-order valence-electron chi connectivity index (χ2n) is 6.77. The van der Waals surface area contributed by atoms with Gasteiger partial charge in [0.25, 0.3) is 0 Å². The number of hydrogen-bond donors (Lipinski definition) is 1. The first-order valence-corrected chi connectivity index (χ1v) is 8.68. The normalized spacial score (nSPS) is 11.3. The van der Waals surface area contributed by atoms with E-state index < -0.39 is 0 Å². The highest BCUT2D eigenvalue weighted by molar-refractivity contribution is 5.91. The number of benzene rings is 2. The summed E-state index contributed by atoms with van der Waals surface area (Å²) >= 11 is 0. The number of carbonyl (C=O) groups is 1. The zero-order chi connectivity index (χ0) is 18.8. The predicted molar refractivity (Wildman–Crippen MR) is 99.9 cm³/mol. The van der Waals surface area contributed by atoms with E-state index in [1.807, 2.05) is 13.8 Å². The summed E-state index contributed by atoms with van der Waals surface area (Å²) in [6, 6.07) is 10.8. The molecule has 1 N–H and O–H groups in total. The number of halogens is 2. The van der Waals surface area contributed by atoms with E-state index in [0.717, 1.165) is 27.7 Å². The number of aromatic nitrogens is 1. The van der Waals surface area contributed by atoms with Crippen LogP contribution in [-0.4, -0.2) is 28.9 Å². The van der Waals surface area contributed by atoms with E-state index >= 15 is 0 Å². The summed E-state index contributed by atoms with van der Waals surface area (Å²) in [6.07, 6.45) is 0.804. The second kappa shape index (κ2) is 7.28. The number of fused-ring (bicyclic) bond motifs is 1. The van der Waals surface area contributed by atoms with Gasteiger partial charge in [-0.15, -0.1) is 0 Å². The van der Waals surface area contributed by atoms with E-state index in [1.54, 1.807) is 30.1 Å². The molecule has 0 aliphatic carbocycles. The highest BCUT2D eigenvalue weighted by atomic mass is 19.1. The second-order valence-corrected chi connectivity index (χ2v) is 6.77. The summed E-state index contributed by atoms with van der Waals surface area (Å²) in [5, 5.41) is 0.754. The molecule has 3 nitrogen and oxygen atoms in total. The Kier molecular flexibility index (Phi) is 5.07. The molecule has 0 aliphatic rings. The summed E-state index contributed by atoms with van der Waals surface area (Å²) in [4.78, 5) is 17.4. The fourth-order valence-electron chi connectivity index (χ4n) is 3.04. The number of nitrogens with one attached hydrogen (secondary N) is 1. The third-order valence-corrected chi connectivity index (χ3v) is 4.76. The monoisotopic (exact) mass is 356 g/mol. The Hall–Kier alpha value is -2.69. The van der Waals surface area contributed by atoms with Crippen molar-refractivity contribution in [2.24, 2.45) is 0 Å². The van der Waals surface area contributed by atoms with Gasteiger partial charge in [-0.25, -0.2) is 8.78 Å². The zero-order valence-corrected chi connectivity index (χ0v) is 15.1. The minimum atomic E-state index is -0.325. The molecule has 0 unspecified atom stereocenters. The van der Waals surface area contributed by atoms with E-state index in [0.29, 0.717) is 12.8 Å². The predicted octanol–water partition coefficient (Wildman–Crippen LogP) is 4.91. The standard InChI is InChI=1S/C21H22F2N2O/c1-13(2)25(3)20(26)11-9-17-18-12-16(23)8-10-19(18)24-21(17)14-4-6-15(22)7-5-14/h4-8,10,12-13,24H,9,11H2,1-3H3. The highest BCUT2D eigenvalue weighted by Crippen LogP contribution is 2.32. The van der Waals surface area contributed by atoms with E-state index in [4.69, 9.17) is 0 Å². The van der Waals surface area contributed by atoms with Crippen LogP contribution in [0.25, 0.3) is 22.2 Å². The van der Waals surface area contributed by atoms with Gasteiger partial charge >= 0.3 is 0 Å². The fraction of sp³-hybridized carbons (Fsp3) is 0.286. The van der Waals surface area contributed by atoms with Gasteiger partial charge in [0, 0.05) is 36.1 Å². The minimum absolute atomic E-state index is 0.0378. The molecule has 3 rings (SSSR count). The van der Waals surface area contributed by atoms with Crippen LogP contribution in [-0.2, 0) is 11.2 Å². The smallest absolute Gasteiger partial charge is 0.222 e. The first-order chi connectivity index (χ1) is 12.4. The van der Waals surface area contributed by atoms with Crippen LogP contribution in [0.2, 0.25) is 0 Å². The zero-order valence-electron chi connectivity index (χ0n) is 15.1. The van der Waals surface area contributed by atoms with Crippen LogP contribution < -0.4 is 0 Å². The van der Waals surface area contributed by atoms with Crippen molar-refractivity contribution in [1.29, 1.82) is 0 Å². The van der Waals surface area contributed by atoms with E-state index in [-0.39, 0.29) is 23.6 Å². The number of nitrogens with zero attached hydrogens (tertiary/aromatic N) is 1. The molecular formula is C21H22F2N2O. The highest BCUT2D eigenvalue weighted by Gasteiger charge is 2.17. The lowest BCUT2D eigenvalue weighted by atomic mass is 10.0. The third kappa shape index (κ3) is 3.62. The molecule has 2 aromatic carbocycles. The lowest BCUT2D eigenvalue weighted by Crippen LogP contribution is -2.33. The van der Waals surface area contributed by atoms with Gasteiger partial charge in [0.15, 0.2) is 0 Å². The lowest BCUT2D eigenvalue weighted by Gasteiger charge is -2.21. The molecule has 0 radical (unpaired) electrons. The molecule has 0 bridgehead atoms. The molecule has 0 fully saturated rings. The summed E-state index contributed by atoms with van der Waals surface area (Å²) in [5.41, 5.74) is 3.27. The first kappa shape index (κ1) is 18.1. The molecule has 0 spiro atoms. The van der Waals surface area contributed by atoms with Gasteiger partial charge in [0.05, 0.1) is 0 Å². The Labute approximate surface area is 151 Å². The Morgan fingerprint density at radius 1 is 1.08 bits per heavy atom.